The third-order valence-electron chi connectivity index (χ3n) is 3.14. The predicted molar refractivity (Wildman–Crippen MR) is 79.8 cm³/mol. The van der Waals surface area contributed by atoms with Crippen molar-refractivity contribution >= 4 is 5.69 Å². The van der Waals surface area contributed by atoms with E-state index in [2.05, 4.69) is 10.3 Å². The quantitative estimate of drug-likeness (QED) is 0.857. The fourth-order valence-electron chi connectivity index (χ4n) is 2.09. The van der Waals surface area contributed by atoms with Gasteiger partial charge in [0.15, 0.2) is 0 Å². The van der Waals surface area contributed by atoms with E-state index in [-0.39, 0.29) is 18.5 Å². The molecule has 2 N–H and O–H groups in total. The number of hydrogen-bond acceptors (Lipinski definition) is 4. The highest BCUT2D eigenvalue weighted by molar-refractivity contribution is 5.52. The standard InChI is InChI=1S/C16H19FN2O2/c1-3-21-16-5-4-15(7-13(16)10-20)19-11(2)12-6-14(17)9-18-8-12/h4-9,11,19-20H,3,10H2,1-2H3. The number of pyridine rings is 1. The van der Waals surface area contributed by atoms with Gasteiger partial charge in [-0.25, -0.2) is 4.39 Å². The molecule has 2 aromatic rings. The van der Waals surface area contributed by atoms with E-state index in [0.717, 1.165) is 11.3 Å². The molecule has 5 heteroatoms. The Kier molecular flexibility index (Phi) is 5.11. The lowest BCUT2D eigenvalue weighted by atomic mass is 10.1. The minimum atomic E-state index is -0.358. The fourth-order valence-corrected chi connectivity index (χ4v) is 2.09. The molecule has 1 aromatic carbocycles. The van der Waals surface area contributed by atoms with Crippen molar-refractivity contribution in [1.29, 1.82) is 0 Å². The molecular formula is C16H19FN2O2. The van der Waals surface area contributed by atoms with Crippen molar-refractivity contribution in [2.24, 2.45) is 0 Å². The number of rotatable bonds is 6. The van der Waals surface area contributed by atoms with Gasteiger partial charge in [0.25, 0.3) is 0 Å². The first-order chi connectivity index (χ1) is 10.1. The Bertz CT molecular complexity index is 605. The minimum Gasteiger partial charge on any atom is -0.494 e. The van der Waals surface area contributed by atoms with Crippen LogP contribution in [0.3, 0.4) is 0 Å². The average Bonchev–Trinajstić information content (AvgIpc) is 2.49. The third-order valence-corrected chi connectivity index (χ3v) is 3.14. The summed E-state index contributed by atoms with van der Waals surface area (Å²) in [6.45, 7) is 4.27. The summed E-state index contributed by atoms with van der Waals surface area (Å²) in [6.07, 6.45) is 2.80. The Morgan fingerprint density at radius 1 is 1.33 bits per heavy atom. The van der Waals surface area contributed by atoms with Crippen molar-refractivity contribution in [2.45, 2.75) is 26.5 Å². The van der Waals surface area contributed by atoms with E-state index in [9.17, 15) is 9.50 Å². The highest BCUT2D eigenvalue weighted by atomic mass is 19.1. The van der Waals surface area contributed by atoms with E-state index in [1.54, 1.807) is 6.20 Å². The molecule has 0 aliphatic carbocycles. The number of hydrogen-bond donors (Lipinski definition) is 2. The van der Waals surface area contributed by atoms with Crippen molar-refractivity contribution < 1.29 is 14.2 Å². The number of benzene rings is 1. The third kappa shape index (κ3) is 3.92. The number of nitrogens with one attached hydrogen (secondary N) is 1. The summed E-state index contributed by atoms with van der Waals surface area (Å²) in [5.74, 6) is 0.314. The second kappa shape index (κ2) is 7.04. The van der Waals surface area contributed by atoms with Crippen LogP contribution in [0, 0.1) is 5.82 Å². The van der Waals surface area contributed by atoms with Gasteiger partial charge in [-0.05, 0) is 43.7 Å². The van der Waals surface area contributed by atoms with Crippen molar-refractivity contribution in [1.82, 2.24) is 4.98 Å². The van der Waals surface area contributed by atoms with Crippen LogP contribution in [0.5, 0.6) is 5.75 Å². The zero-order chi connectivity index (χ0) is 15.2. The maximum absolute atomic E-state index is 13.2. The van der Waals surface area contributed by atoms with Gasteiger partial charge in [-0.3, -0.25) is 4.98 Å². The zero-order valence-electron chi connectivity index (χ0n) is 12.1. The molecule has 112 valence electrons. The molecule has 1 atom stereocenters. The number of halogens is 1. The van der Waals surface area contributed by atoms with Crippen LogP contribution in [0.4, 0.5) is 10.1 Å². The first kappa shape index (κ1) is 15.3. The number of anilines is 1. The van der Waals surface area contributed by atoms with Crippen LogP contribution in [0.15, 0.2) is 36.7 Å². The molecule has 0 saturated heterocycles. The van der Waals surface area contributed by atoms with Crippen LogP contribution >= 0.6 is 0 Å². The summed E-state index contributed by atoms with van der Waals surface area (Å²) in [5, 5.41) is 12.6. The normalized spacial score (nSPS) is 12.0. The summed E-state index contributed by atoms with van der Waals surface area (Å²) in [5.41, 5.74) is 2.31. The number of aromatic nitrogens is 1. The van der Waals surface area contributed by atoms with E-state index in [0.29, 0.717) is 17.9 Å². The lowest BCUT2D eigenvalue weighted by Gasteiger charge is -2.17. The monoisotopic (exact) mass is 290 g/mol. The van der Waals surface area contributed by atoms with Crippen molar-refractivity contribution in [3.8, 4) is 5.75 Å². The highest BCUT2D eigenvalue weighted by Gasteiger charge is 2.09. The Morgan fingerprint density at radius 3 is 2.81 bits per heavy atom. The van der Waals surface area contributed by atoms with E-state index < -0.39 is 0 Å². The van der Waals surface area contributed by atoms with Gasteiger partial charge >= 0.3 is 0 Å². The molecule has 1 heterocycles. The van der Waals surface area contributed by atoms with Crippen LogP contribution in [-0.4, -0.2) is 16.7 Å². The largest absolute Gasteiger partial charge is 0.494 e. The summed E-state index contributed by atoms with van der Waals surface area (Å²) < 4.78 is 18.6. The Morgan fingerprint density at radius 2 is 2.14 bits per heavy atom. The predicted octanol–water partition coefficient (Wildman–Crippen LogP) is 3.28. The highest BCUT2D eigenvalue weighted by Crippen LogP contribution is 2.26. The molecule has 0 aliphatic heterocycles. The molecule has 0 amide bonds. The lowest BCUT2D eigenvalue weighted by molar-refractivity contribution is 0.267. The molecule has 0 spiro atoms. The van der Waals surface area contributed by atoms with Gasteiger partial charge in [0.1, 0.15) is 11.6 Å². The van der Waals surface area contributed by atoms with Gasteiger partial charge in [0.2, 0.25) is 0 Å². The van der Waals surface area contributed by atoms with Crippen LogP contribution in [0.2, 0.25) is 0 Å². The minimum absolute atomic E-state index is 0.0965. The molecule has 21 heavy (non-hydrogen) atoms. The Labute approximate surface area is 123 Å². The number of aliphatic hydroxyl groups excluding tert-OH is 1. The topological polar surface area (TPSA) is 54.4 Å². The molecule has 2 rings (SSSR count). The molecule has 0 aliphatic rings. The number of nitrogens with zero attached hydrogens (tertiary/aromatic N) is 1. The first-order valence-corrected chi connectivity index (χ1v) is 6.87. The fraction of sp³-hybridized carbons (Fsp3) is 0.312. The maximum atomic E-state index is 13.2. The summed E-state index contributed by atoms with van der Waals surface area (Å²) in [7, 11) is 0. The van der Waals surface area contributed by atoms with Crippen molar-refractivity contribution in [3.63, 3.8) is 0 Å². The van der Waals surface area contributed by atoms with E-state index in [4.69, 9.17) is 4.74 Å². The molecule has 0 radical (unpaired) electrons. The molecule has 0 fully saturated rings. The summed E-state index contributed by atoms with van der Waals surface area (Å²) >= 11 is 0. The Hall–Kier alpha value is -2.14. The van der Waals surface area contributed by atoms with Gasteiger partial charge in [-0.1, -0.05) is 0 Å². The molecule has 4 nitrogen and oxygen atoms in total. The van der Waals surface area contributed by atoms with Crippen LogP contribution in [0.1, 0.15) is 31.0 Å². The maximum Gasteiger partial charge on any atom is 0.141 e. The smallest absolute Gasteiger partial charge is 0.141 e. The molecule has 1 unspecified atom stereocenters. The first-order valence-electron chi connectivity index (χ1n) is 6.87. The Balaban J connectivity index is 2.15. The van der Waals surface area contributed by atoms with Gasteiger partial charge in [0, 0.05) is 17.4 Å². The van der Waals surface area contributed by atoms with Gasteiger partial charge in [-0.15, -0.1) is 0 Å². The lowest BCUT2D eigenvalue weighted by Crippen LogP contribution is -2.08. The van der Waals surface area contributed by atoms with Crippen molar-refractivity contribution in [2.75, 3.05) is 11.9 Å². The number of ether oxygens (including phenoxy) is 1. The second-order valence-electron chi connectivity index (χ2n) is 4.72. The summed E-state index contributed by atoms with van der Waals surface area (Å²) in [6, 6.07) is 6.86. The average molecular weight is 290 g/mol. The molecular weight excluding hydrogens is 271 g/mol. The van der Waals surface area contributed by atoms with Gasteiger partial charge in [-0.2, -0.15) is 0 Å². The zero-order valence-corrected chi connectivity index (χ0v) is 12.1. The number of aliphatic hydroxyl groups is 1. The molecule has 0 saturated carbocycles. The van der Waals surface area contributed by atoms with Gasteiger partial charge in [0.05, 0.1) is 25.5 Å². The summed E-state index contributed by atoms with van der Waals surface area (Å²) in [4.78, 5) is 3.84. The van der Waals surface area contributed by atoms with Crippen LogP contribution in [-0.2, 0) is 6.61 Å². The van der Waals surface area contributed by atoms with Crippen molar-refractivity contribution in [3.05, 3.63) is 53.6 Å². The van der Waals surface area contributed by atoms with Crippen LogP contribution in [0.25, 0.3) is 0 Å². The van der Waals surface area contributed by atoms with E-state index >= 15 is 0 Å². The molecule has 0 bridgehead atoms. The van der Waals surface area contributed by atoms with E-state index in [1.807, 2.05) is 32.0 Å². The van der Waals surface area contributed by atoms with E-state index in [1.165, 1.54) is 12.3 Å². The second-order valence-corrected chi connectivity index (χ2v) is 4.72. The van der Waals surface area contributed by atoms with Crippen LogP contribution < -0.4 is 10.1 Å². The van der Waals surface area contributed by atoms with Gasteiger partial charge < -0.3 is 15.2 Å². The molecule has 1 aromatic heterocycles. The SMILES string of the molecule is CCOc1ccc(NC(C)c2cncc(F)c2)cc1CO.